The molecule has 0 unspecified atom stereocenters. The molecule has 0 bridgehead atoms. The molecular weight excluding hydrogens is 234 g/mol. The zero-order chi connectivity index (χ0) is 13.1. The van der Waals surface area contributed by atoms with Crippen molar-refractivity contribution in [3.63, 3.8) is 0 Å². The van der Waals surface area contributed by atoms with Gasteiger partial charge in [-0.1, -0.05) is 49.9 Å². The summed E-state index contributed by atoms with van der Waals surface area (Å²) < 4.78 is 0. The number of pyridine rings is 1. The van der Waals surface area contributed by atoms with E-state index in [4.69, 9.17) is 0 Å². The van der Waals surface area contributed by atoms with Crippen molar-refractivity contribution in [1.29, 1.82) is 0 Å². The number of hydrogen-bond acceptors (Lipinski definition) is 2. The fraction of sp³-hybridized carbons (Fsp3) is 0.412. The minimum Gasteiger partial charge on any atom is -0.294 e. The lowest BCUT2D eigenvalue weighted by Crippen LogP contribution is -2.14. The molecular formula is C17H19NO. The maximum Gasteiger partial charge on any atom is 0.168 e. The normalized spacial score (nSPS) is 17.3. The van der Waals surface area contributed by atoms with Gasteiger partial charge in [-0.25, -0.2) is 0 Å². The molecule has 1 heterocycles. The number of rotatable bonds is 2. The highest BCUT2D eigenvalue weighted by Crippen LogP contribution is 2.28. The molecule has 1 saturated carbocycles. The molecule has 1 aromatic heterocycles. The molecule has 2 aromatic rings. The lowest BCUT2D eigenvalue weighted by molar-refractivity contribution is 0.0909. The van der Waals surface area contributed by atoms with E-state index in [0.29, 0.717) is 5.78 Å². The number of aromatic nitrogens is 1. The summed E-state index contributed by atoms with van der Waals surface area (Å²) in [7, 11) is 0. The minimum atomic E-state index is 0.204. The van der Waals surface area contributed by atoms with E-state index in [1.54, 1.807) is 6.20 Å². The predicted molar refractivity (Wildman–Crippen MR) is 77.3 cm³/mol. The van der Waals surface area contributed by atoms with Crippen molar-refractivity contribution in [3.05, 3.63) is 42.2 Å². The highest BCUT2D eigenvalue weighted by Gasteiger charge is 2.22. The van der Waals surface area contributed by atoms with Crippen molar-refractivity contribution in [2.24, 2.45) is 5.92 Å². The molecule has 0 atom stereocenters. The molecule has 0 radical (unpaired) electrons. The standard InChI is InChI=1S/C17H19NO/c19-17(13-7-3-1-2-4-8-13)16-12-18-11-14-9-5-6-10-15(14)16/h5-6,9-13H,1-4,7-8H2. The Morgan fingerprint density at radius 3 is 2.53 bits per heavy atom. The number of carbonyl (C=O) groups is 1. The lowest BCUT2D eigenvalue weighted by atomic mass is 9.90. The lowest BCUT2D eigenvalue weighted by Gasteiger charge is -2.13. The summed E-state index contributed by atoms with van der Waals surface area (Å²) >= 11 is 0. The smallest absolute Gasteiger partial charge is 0.168 e. The second-order valence-electron chi connectivity index (χ2n) is 5.46. The van der Waals surface area contributed by atoms with Crippen molar-refractivity contribution in [3.8, 4) is 0 Å². The molecule has 1 aliphatic rings. The molecule has 0 N–H and O–H groups in total. The van der Waals surface area contributed by atoms with Gasteiger partial charge in [-0.05, 0) is 18.2 Å². The average molecular weight is 253 g/mol. The van der Waals surface area contributed by atoms with Crippen molar-refractivity contribution in [2.45, 2.75) is 38.5 Å². The molecule has 0 amide bonds. The first-order valence-corrected chi connectivity index (χ1v) is 7.23. The monoisotopic (exact) mass is 253 g/mol. The van der Waals surface area contributed by atoms with Crippen molar-refractivity contribution >= 4 is 16.6 Å². The van der Waals surface area contributed by atoms with Gasteiger partial charge in [0.05, 0.1) is 0 Å². The van der Waals surface area contributed by atoms with Crippen LogP contribution in [-0.2, 0) is 0 Å². The highest BCUT2D eigenvalue weighted by atomic mass is 16.1. The fourth-order valence-corrected chi connectivity index (χ4v) is 3.07. The molecule has 98 valence electrons. The number of nitrogens with zero attached hydrogens (tertiary/aromatic N) is 1. The zero-order valence-corrected chi connectivity index (χ0v) is 11.1. The van der Waals surface area contributed by atoms with Crippen LogP contribution in [0, 0.1) is 5.92 Å². The van der Waals surface area contributed by atoms with E-state index in [0.717, 1.165) is 29.2 Å². The number of hydrogen-bond donors (Lipinski definition) is 0. The van der Waals surface area contributed by atoms with Gasteiger partial charge in [-0.3, -0.25) is 9.78 Å². The minimum absolute atomic E-state index is 0.204. The Morgan fingerprint density at radius 2 is 1.74 bits per heavy atom. The van der Waals surface area contributed by atoms with Crippen LogP contribution in [0.5, 0.6) is 0 Å². The van der Waals surface area contributed by atoms with Gasteiger partial charge in [0, 0.05) is 29.3 Å². The Hall–Kier alpha value is -1.70. The molecule has 3 rings (SSSR count). The summed E-state index contributed by atoms with van der Waals surface area (Å²) in [6.07, 6.45) is 10.6. The molecule has 2 nitrogen and oxygen atoms in total. The molecule has 0 saturated heterocycles. The van der Waals surface area contributed by atoms with Crippen molar-refractivity contribution < 1.29 is 4.79 Å². The summed E-state index contributed by atoms with van der Waals surface area (Å²) in [6.45, 7) is 0. The van der Waals surface area contributed by atoms with Gasteiger partial charge >= 0.3 is 0 Å². The first-order valence-electron chi connectivity index (χ1n) is 7.23. The summed E-state index contributed by atoms with van der Waals surface area (Å²) in [5.74, 6) is 0.501. The SMILES string of the molecule is O=C(c1cncc2ccccc12)C1CCCCCC1. The first kappa shape index (κ1) is 12.3. The Morgan fingerprint density at radius 1 is 1.00 bits per heavy atom. The first-order chi connectivity index (χ1) is 9.36. The van der Waals surface area contributed by atoms with Crippen LogP contribution in [0.1, 0.15) is 48.9 Å². The van der Waals surface area contributed by atoms with Gasteiger partial charge in [0.15, 0.2) is 5.78 Å². The van der Waals surface area contributed by atoms with Crippen LogP contribution in [0.2, 0.25) is 0 Å². The third-order valence-electron chi connectivity index (χ3n) is 4.16. The molecule has 1 fully saturated rings. The van der Waals surface area contributed by atoms with E-state index >= 15 is 0 Å². The van der Waals surface area contributed by atoms with Crippen LogP contribution in [0.25, 0.3) is 10.8 Å². The van der Waals surface area contributed by atoms with E-state index in [1.165, 1.54) is 25.7 Å². The molecule has 0 spiro atoms. The summed E-state index contributed by atoms with van der Waals surface area (Å²) in [4.78, 5) is 17.0. The Balaban J connectivity index is 1.96. The average Bonchev–Trinajstić information content (AvgIpc) is 2.75. The number of Topliss-reactive ketones (excluding diaryl/α,β-unsaturated/α-hetero) is 1. The van der Waals surface area contributed by atoms with Gasteiger partial charge in [0.1, 0.15) is 0 Å². The van der Waals surface area contributed by atoms with Gasteiger partial charge in [0.25, 0.3) is 0 Å². The van der Waals surface area contributed by atoms with Crippen LogP contribution in [0.15, 0.2) is 36.7 Å². The maximum atomic E-state index is 12.7. The number of benzene rings is 1. The summed E-state index contributed by atoms with van der Waals surface area (Å²) in [6, 6.07) is 8.03. The van der Waals surface area contributed by atoms with Gasteiger partial charge < -0.3 is 0 Å². The molecule has 1 aromatic carbocycles. The van der Waals surface area contributed by atoms with Gasteiger partial charge in [-0.15, -0.1) is 0 Å². The van der Waals surface area contributed by atoms with Crippen LogP contribution < -0.4 is 0 Å². The Bertz CT molecular complexity index is 577. The number of fused-ring (bicyclic) bond motifs is 1. The van der Waals surface area contributed by atoms with E-state index in [-0.39, 0.29) is 5.92 Å². The predicted octanol–water partition coefficient (Wildman–Crippen LogP) is 4.39. The third-order valence-corrected chi connectivity index (χ3v) is 4.16. The van der Waals surface area contributed by atoms with Crippen LogP contribution in [0.3, 0.4) is 0 Å². The van der Waals surface area contributed by atoms with E-state index in [1.807, 2.05) is 30.5 Å². The van der Waals surface area contributed by atoms with Gasteiger partial charge in [0.2, 0.25) is 0 Å². The van der Waals surface area contributed by atoms with Crippen LogP contribution >= 0.6 is 0 Å². The largest absolute Gasteiger partial charge is 0.294 e. The second-order valence-corrected chi connectivity index (χ2v) is 5.46. The quantitative estimate of drug-likeness (QED) is 0.587. The van der Waals surface area contributed by atoms with Crippen molar-refractivity contribution in [2.75, 3.05) is 0 Å². The molecule has 19 heavy (non-hydrogen) atoms. The molecule has 2 heteroatoms. The van der Waals surface area contributed by atoms with E-state index in [2.05, 4.69) is 4.98 Å². The number of carbonyl (C=O) groups excluding carboxylic acids is 1. The van der Waals surface area contributed by atoms with E-state index < -0.39 is 0 Å². The van der Waals surface area contributed by atoms with Crippen LogP contribution in [-0.4, -0.2) is 10.8 Å². The summed E-state index contributed by atoms with van der Waals surface area (Å²) in [5, 5.41) is 2.11. The highest BCUT2D eigenvalue weighted by molar-refractivity contribution is 6.08. The second kappa shape index (κ2) is 5.52. The summed E-state index contributed by atoms with van der Waals surface area (Å²) in [5.41, 5.74) is 0.810. The van der Waals surface area contributed by atoms with Gasteiger partial charge in [-0.2, -0.15) is 0 Å². The van der Waals surface area contributed by atoms with Crippen molar-refractivity contribution in [1.82, 2.24) is 4.98 Å². The maximum absolute atomic E-state index is 12.7. The molecule has 0 aliphatic heterocycles. The van der Waals surface area contributed by atoms with Crippen LogP contribution in [0.4, 0.5) is 0 Å². The Kier molecular flexibility index (Phi) is 3.58. The topological polar surface area (TPSA) is 30.0 Å². The molecule has 1 aliphatic carbocycles. The third kappa shape index (κ3) is 2.53. The number of ketones is 1. The zero-order valence-electron chi connectivity index (χ0n) is 11.1. The fourth-order valence-electron chi connectivity index (χ4n) is 3.07. The Labute approximate surface area is 113 Å². The van der Waals surface area contributed by atoms with E-state index in [9.17, 15) is 4.79 Å².